The lowest BCUT2D eigenvalue weighted by molar-refractivity contribution is -0.671. The van der Waals surface area contributed by atoms with E-state index in [-0.39, 0.29) is 0 Å². The van der Waals surface area contributed by atoms with Gasteiger partial charge in [-0.05, 0) is 13.3 Å². The molecule has 0 N–H and O–H groups in total. The van der Waals surface area contributed by atoms with E-state index >= 15 is 0 Å². The minimum Gasteiger partial charge on any atom is -0.542 e. The molecular formula is C18H26F3N7O2. The fourth-order valence-electron chi connectivity index (χ4n) is 1.69. The Hall–Kier alpha value is -3.45. The number of carbonyl (C=O) groups is 1. The zero-order valence-electron chi connectivity index (χ0n) is 17.4. The van der Waals surface area contributed by atoms with Crippen molar-refractivity contribution >= 4 is 12.0 Å². The molecule has 0 aliphatic heterocycles. The third kappa shape index (κ3) is 16.7. The molecule has 0 aliphatic carbocycles. The Kier molecular flexibility index (Phi) is 15.8. The lowest BCUT2D eigenvalue weighted by Gasteiger charge is -2.03. The van der Waals surface area contributed by atoms with Gasteiger partial charge in [-0.2, -0.15) is 18.4 Å². The lowest BCUT2D eigenvalue weighted by atomic mass is 10.3. The molecule has 0 unspecified atom stereocenters. The van der Waals surface area contributed by atoms with E-state index in [2.05, 4.69) is 63.8 Å². The molecule has 30 heavy (non-hydrogen) atoms. The molecule has 12 heteroatoms. The number of rotatable bonds is 4. The zero-order valence-corrected chi connectivity index (χ0v) is 17.4. The summed E-state index contributed by atoms with van der Waals surface area (Å²) in [6.07, 6.45) is 11.0. The summed E-state index contributed by atoms with van der Waals surface area (Å²) in [5, 5.41) is 23.6. The fraction of sp³-hybridized carbons (Fsp3) is 0.500. The van der Waals surface area contributed by atoms with Crippen LogP contribution < -0.4 is 14.2 Å². The van der Waals surface area contributed by atoms with Crippen molar-refractivity contribution in [1.29, 1.82) is 5.26 Å². The second-order valence-corrected chi connectivity index (χ2v) is 5.68. The van der Waals surface area contributed by atoms with E-state index in [0.29, 0.717) is 0 Å². The predicted molar refractivity (Wildman–Crippen MR) is 99.3 cm³/mol. The third-order valence-electron chi connectivity index (χ3n) is 3.11. The van der Waals surface area contributed by atoms with Crippen LogP contribution in [0.15, 0.2) is 42.4 Å². The Morgan fingerprint density at radius 3 is 1.83 bits per heavy atom. The number of carboxylic acids is 1. The van der Waals surface area contributed by atoms with E-state index in [1.807, 2.05) is 24.9 Å². The van der Waals surface area contributed by atoms with Crippen molar-refractivity contribution in [2.24, 2.45) is 19.1 Å². The first kappa shape index (κ1) is 28.8. The van der Waals surface area contributed by atoms with Crippen LogP contribution in [0.2, 0.25) is 0 Å². The molecule has 0 aliphatic rings. The predicted octanol–water partition coefficient (Wildman–Crippen LogP) is 0.955. The number of aromatic nitrogens is 4. The van der Waals surface area contributed by atoms with Crippen molar-refractivity contribution in [2.45, 2.75) is 46.0 Å². The number of hydrogen-bond acceptors (Lipinski definition) is 4. The highest BCUT2D eigenvalue weighted by atomic mass is 19.4. The van der Waals surface area contributed by atoms with Gasteiger partial charge in [0.1, 0.15) is 30.8 Å². The number of alkyl halides is 3. The Labute approximate surface area is 173 Å². The summed E-state index contributed by atoms with van der Waals surface area (Å²) in [6.45, 7) is 6.54. The van der Waals surface area contributed by atoms with Crippen molar-refractivity contribution in [3.8, 4) is 6.19 Å². The average molecular weight is 429 g/mol. The Morgan fingerprint density at radius 1 is 1.17 bits per heavy atom. The van der Waals surface area contributed by atoms with Gasteiger partial charge < -0.3 is 20.3 Å². The molecule has 0 amide bonds. The number of aliphatic carboxylic acids is 1. The summed E-state index contributed by atoms with van der Waals surface area (Å²) < 4.78 is 40.0. The number of imidazole rings is 2. The SMILES string of the molecule is CCCCn1cc[n+](C)c1.CCn1cc[n+](C)c1.N#CN=C=[N-].O=C([O-])C(F)(F)F. The summed E-state index contributed by atoms with van der Waals surface area (Å²) in [5.41, 5.74) is 0. The van der Waals surface area contributed by atoms with E-state index in [1.54, 1.807) is 0 Å². The quantitative estimate of drug-likeness (QED) is 0.409. The van der Waals surface area contributed by atoms with Crippen LogP contribution >= 0.6 is 0 Å². The number of carbonyl (C=O) groups excluding carboxylic acids is 1. The normalized spacial score (nSPS) is 9.27. The van der Waals surface area contributed by atoms with Gasteiger partial charge in [-0.1, -0.05) is 13.3 Å². The van der Waals surface area contributed by atoms with E-state index in [9.17, 15) is 13.2 Å². The van der Waals surface area contributed by atoms with Gasteiger partial charge in [0.15, 0.2) is 0 Å². The lowest BCUT2D eigenvalue weighted by Crippen LogP contribution is -2.37. The maximum atomic E-state index is 10.5. The van der Waals surface area contributed by atoms with Crippen LogP contribution in [0.1, 0.15) is 26.7 Å². The van der Waals surface area contributed by atoms with Crippen molar-refractivity contribution in [1.82, 2.24) is 9.13 Å². The van der Waals surface area contributed by atoms with Gasteiger partial charge in [0, 0.05) is 0 Å². The highest BCUT2D eigenvalue weighted by Crippen LogP contribution is 2.11. The Morgan fingerprint density at radius 2 is 1.63 bits per heavy atom. The maximum Gasteiger partial charge on any atom is 0.430 e. The number of unbranched alkanes of at least 4 members (excludes halogenated alkanes) is 1. The molecular weight excluding hydrogens is 403 g/mol. The average Bonchev–Trinajstić information content (AvgIpc) is 3.29. The third-order valence-corrected chi connectivity index (χ3v) is 3.11. The smallest absolute Gasteiger partial charge is 0.430 e. The van der Waals surface area contributed by atoms with Crippen molar-refractivity contribution in [2.75, 3.05) is 0 Å². The zero-order chi connectivity index (χ0) is 23.6. The largest absolute Gasteiger partial charge is 0.542 e. The van der Waals surface area contributed by atoms with Crippen molar-refractivity contribution < 1.29 is 32.2 Å². The molecule has 0 saturated heterocycles. The van der Waals surface area contributed by atoms with Crippen LogP contribution in [0.4, 0.5) is 13.2 Å². The summed E-state index contributed by atoms with van der Waals surface area (Å²) in [4.78, 5) is 11.4. The number of carboxylic acid groups (broad SMARTS) is 1. The summed E-state index contributed by atoms with van der Waals surface area (Å²) in [6, 6.07) is 1.28. The number of nitriles is 1. The summed E-state index contributed by atoms with van der Waals surface area (Å²) in [7, 11) is 4.06. The first-order valence-corrected chi connectivity index (χ1v) is 8.79. The minimum atomic E-state index is -5.19. The second kappa shape index (κ2) is 16.5. The molecule has 2 rings (SSSR count). The van der Waals surface area contributed by atoms with Gasteiger partial charge in [-0.3, -0.25) is 0 Å². The standard InChI is InChI=1S/C8H15N2.C6H11N2.C2HF3O2.C2N3/c1-3-4-5-10-7-6-9(2)8-10;1-3-8-5-4-7(2)6-8;3-2(4,5)1(6)7;3-1-5-2-4/h6-8H,3-5H2,1-2H3;4-6H,3H2,1-2H3;(H,6,7);/q2*+1;;-1/p-1. The molecule has 0 atom stereocenters. The van der Waals surface area contributed by atoms with E-state index < -0.39 is 12.1 Å². The van der Waals surface area contributed by atoms with Crippen LogP contribution in [-0.4, -0.2) is 27.3 Å². The van der Waals surface area contributed by atoms with Gasteiger partial charge in [-0.25, -0.2) is 18.3 Å². The molecule has 2 heterocycles. The van der Waals surface area contributed by atoms with Crippen LogP contribution in [0, 0.1) is 11.5 Å². The molecule has 0 saturated carbocycles. The van der Waals surface area contributed by atoms with Gasteiger partial charge in [-0.15, -0.1) is 6.01 Å². The Balaban J connectivity index is 0. The van der Waals surface area contributed by atoms with E-state index in [1.165, 1.54) is 25.0 Å². The number of aryl methyl sites for hydroxylation is 4. The van der Waals surface area contributed by atoms with Gasteiger partial charge in [0.05, 0.1) is 33.4 Å². The van der Waals surface area contributed by atoms with Crippen molar-refractivity contribution in [3.63, 3.8) is 0 Å². The van der Waals surface area contributed by atoms with Crippen LogP contribution in [0.25, 0.3) is 5.41 Å². The highest BCUT2D eigenvalue weighted by molar-refractivity contribution is 5.70. The van der Waals surface area contributed by atoms with E-state index in [0.717, 1.165) is 13.1 Å². The van der Waals surface area contributed by atoms with Crippen molar-refractivity contribution in [3.05, 3.63) is 42.9 Å². The van der Waals surface area contributed by atoms with E-state index in [4.69, 9.17) is 20.6 Å². The molecule has 0 spiro atoms. The summed E-state index contributed by atoms with van der Waals surface area (Å²) >= 11 is 0. The highest BCUT2D eigenvalue weighted by Gasteiger charge is 2.28. The van der Waals surface area contributed by atoms with Crippen LogP contribution in [-0.2, 0) is 32.0 Å². The second-order valence-electron chi connectivity index (χ2n) is 5.68. The molecule has 2 aromatic rings. The number of aliphatic imine (C=N–C) groups is 1. The molecule has 0 radical (unpaired) electrons. The first-order chi connectivity index (χ1) is 14.0. The minimum absolute atomic E-state index is 1.06. The number of nitrogens with zero attached hydrogens (tertiary/aromatic N) is 7. The Bertz CT molecular complexity index is 816. The molecule has 2 aromatic heterocycles. The maximum absolute atomic E-state index is 10.5. The van der Waals surface area contributed by atoms with Gasteiger partial charge >= 0.3 is 6.18 Å². The molecule has 0 aromatic carbocycles. The molecule has 9 nitrogen and oxygen atoms in total. The topological polar surface area (TPSA) is 116 Å². The molecule has 0 bridgehead atoms. The van der Waals surface area contributed by atoms with Gasteiger partial charge in [0.25, 0.3) is 0 Å². The molecule has 166 valence electrons. The summed E-state index contributed by atoms with van der Waals surface area (Å²) in [5.74, 6) is -3.01. The fourth-order valence-corrected chi connectivity index (χ4v) is 1.69. The monoisotopic (exact) mass is 429 g/mol. The van der Waals surface area contributed by atoms with Crippen LogP contribution in [0.3, 0.4) is 0 Å². The number of halogens is 3. The van der Waals surface area contributed by atoms with Gasteiger partial charge in [0.2, 0.25) is 12.7 Å². The first-order valence-electron chi connectivity index (χ1n) is 8.79. The number of hydrogen-bond donors (Lipinski definition) is 0. The molecule has 0 fully saturated rings. The van der Waals surface area contributed by atoms with Crippen LogP contribution in [0.5, 0.6) is 0 Å².